The molecule has 2 aliphatic carbocycles. The number of nitrogens with two attached hydrogens (primary N) is 1. The van der Waals surface area contributed by atoms with Gasteiger partial charge in [-0.15, -0.1) is 0 Å². The van der Waals surface area contributed by atoms with Crippen molar-refractivity contribution in [3.63, 3.8) is 0 Å². The molecule has 6 heteroatoms. The highest BCUT2D eigenvalue weighted by atomic mass is 16.4. The summed E-state index contributed by atoms with van der Waals surface area (Å²) in [7, 11) is -1.23. The molecule has 2 saturated carbocycles. The molecule has 4 N–H and O–H groups in total. The largest absolute Gasteiger partial charge is 0.454 e. The number of allylic oxidation sites excluding steroid dienone is 1. The van der Waals surface area contributed by atoms with Crippen molar-refractivity contribution in [1.82, 2.24) is 4.90 Å². The standard InChI is InChI=1S/C21H37BN2O3/c23-15-17-4-1-5-19(13-17)18-9-11-24(12-10-18)21(25)8-7-16-3-2-6-20(14-16)22(26)27/h7-8,16-20,26-27H,1-6,9-15,23H2/b8-7+. The first kappa shape index (κ1) is 20.9. The van der Waals surface area contributed by atoms with Crippen molar-refractivity contribution in [3.8, 4) is 0 Å². The summed E-state index contributed by atoms with van der Waals surface area (Å²) in [6.07, 6.45) is 14.9. The lowest BCUT2D eigenvalue weighted by atomic mass is 9.62. The van der Waals surface area contributed by atoms with Crippen LogP contribution >= 0.6 is 0 Å². The van der Waals surface area contributed by atoms with Crippen molar-refractivity contribution >= 4 is 13.0 Å². The topological polar surface area (TPSA) is 86.8 Å². The van der Waals surface area contributed by atoms with Crippen LogP contribution in [-0.2, 0) is 4.79 Å². The van der Waals surface area contributed by atoms with Gasteiger partial charge in [0.1, 0.15) is 0 Å². The minimum Gasteiger partial charge on any atom is -0.427 e. The van der Waals surface area contributed by atoms with Crippen LogP contribution in [-0.4, -0.2) is 47.6 Å². The van der Waals surface area contributed by atoms with E-state index in [1.807, 2.05) is 11.0 Å². The minimum absolute atomic E-state index is 0.0490. The normalized spacial score (nSPS) is 33.4. The quantitative estimate of drug-likeness (QED) is 0.508. The van der Waals surface area contributed by atoms with Gasteiger partial charge in [0.05, 0.1) is 0 Å². The zero-order valence-corrected chi connectivity index (χ0v) is 16.6. The number of nitrogens with zero attached hydrogens (tertiary/aromatic N) is 1. The summed E-state index contributed by atoms with van der Waals surface area (Å²) in [6, 6.07) is 0. The van der Waals surface area contributed by atoms with E-state index in [0.717, 1.165) is 70.0 Å². The smallest absolute Gasteiger partial charge is 0.427 e. The van der Waals surface area contributed by atoms with E-state index >= 15 is 0 Å². The molecular weight excluding hydrogens is 339 g/mol. The van der Waals surface area contributed by atoms with Gasteiger partial charge in [-0.3, -0.25) is 4.79 Å². The number of likely N-dealkylation sites (tertiary alicyclic amines) is 1. The summed E-state index contributed by atoms with van der Waals surface area (Å²) in [5, 5.41) is 18.8. The third kappa shape index (κ3) is 5.82. The van der Waals surface area contributed by atoms with Gasteiger partial charge in [-0.2, -0.15) is 0 Å². The first-order chi connectivity index (χ1) is 13.1. The van der Waals surface area contributed by atoms with Crippen molar-refractivity contribution in [2.24, 2.45) is 29.4 Å². The molecule has 0 aromatic rings. The monoisotopic (exact) mass is 376 g/mol. The van der Waals surface area contributed by atoms with Gasteiger partial charge in [-0.1, -0.05) is 31.8 Å². The van der Waals surface area contributed by atoms with Gasteiger partial charge >= 0.3 is 7.12 Å². The molecule has 0 aromatic heterocycles. The SMILES string of the molecule is NCC1CCCC(C2CCN(C(=O)/C=C/C3CCCC(B(O)O)C3)CC2)C1. The average Bonchev–Trinajstić information content (AvgIpc) is 2.72. The second kappa shape index (κ2) is 10.1. The maximum Gasteiger partial charge on any atom is 0.454 e. The molecule has 3 rings (SSSR count). The van der Waals surface area contributed by atoms with E-state index in [0.29, 0.717) is 11.8 Å². The fraction of sp³-hybridized carbons (Fsp3) is 0.857. The molecule has 0 radical (unpaired) electrons. The first-order valence-electron chi connectivity index (χ1n) is 11.1. The number of hydrogen-bond donors (Lipinski definition) is 3. The fourth-order valence-corrected chi connectivity index (χ4v) is 5.60. The van der Waals surface area contributed by atoms with Crippen LogP contribution in [0.3, 0.4) is 0 Å². The molecule has 1 saturated heterocycles. The third-order valence-electron chi connectivity index (χ3n) is 7.36. The Kier molecular flexibility index (Phi) is 7.80. The summed E-state index contributed by atoms with van der Waals surface area (Å²) < 4.78 is 0. The second-order valence-corrected chi connectivity index (χ2v) is 9.15. The Balaban J connectivity index is 1.43. The van der Waals surface area contributed by atoms with Crippen LogP contribution in [0.1, 0.15) is 64.2 Å². The van der Waals surface area contributed by atoms with Gasteiger partial charge in [0, 0.05) is 13.1 Å². The van der Waals surface area contributed by atoms with Crippen LogP contribution in [0.4, 0.5) is 0 Å². The maximum atomic E-state index is 12.6. The number of hydrogen-bond acceptors (Lipinski definition) is 4. The van der Waals surface area contributed by atoms with Crippen molar-refractivity contribution in [3.05, 3.63) is 12.2 Å². The van der Waals surface area contributed by atoms with E-state index in [4.69, 9.17) is 5.73 Å². The molecule has 152 valence electrons. The number of rotatable bonds is 5. The van der Waals surface area contributed by atoms with Crippen LogP contribution in [0, 0.1) is 23.7 Å². The Hall–Kier alpha value is -0.845. The molecule has 0 spiro atoms. The van der Waals surface area contributed by atoms with Crippen molar-refractivity contribution in [2.45, 2.75) is 70.0 Å². The van der Waals surface area contributed by atoms with Gasteiger partial charge in [0.2, 0.25) is 5.91 Å². The van der Waals surface area contributed by atoms with Crippen molar-refractivity contribution in [1.29, 1.82) is 0 Å². The summed E-state index contributed by atoms with van der Waals surface area (Å²) in [6.45, 7) is 2.58. The Morgan fingerprint density at radius 2 is 1.74 bits per heavy atom. The highest BCUT2D eigenvalue weighted by molar-refractivity contribution is 6.43. The van der Waals surface area contributed by atoms with Crippen molar-refractivity contribution in [2.75, 3.05) is 19.6 Å². The van der Waals surface area contributed by atoms with Crippen LogP contribution in [0.2, 0.25) is 5.82 Å². The number of amides is 1. The maximum absolute atomic E-state index is 12.6. The van der Waals surface area contributed by atoms with E-state index in [-0.39, 0.29) is 11.7 Å². The lowest BCUT2D eigenvalue weighted by molar-refractivity contribution is -0.127. The van der Waals surface area contributed by atoms with E-state index < -0.39 is 7.12 Å². The predicted molar refractivity (Wildman–Crippen MR) is 109 cm³/mol. The van der Waals surface area contributed by atoms with Crippen LogP contribution in [0.25, 0.3) is 0 Å². The summed E-state index contributed by atoms with van der Waals surface area (Å²) in [5.41, 5.74) is 5.89. The molecule has 4 unspecified atom stereocenters. The van der Waals surface area contributed by atoms with Crippen LogP contribution < -0.4 is 5.73 Å². The lowest BCUT2D eigenvalue weighted by Gasteiger charge is -2.39. The zero-order chi connectivity index (χ0) is 19.2. The van der Waals surface area contributed by atoms with E-state index in [1.54, 1.807) is 6.08 Å². The Labute approximate surface area is 164 Å². The molecule has 1 amide bonds. The number of carbonyl (C=O) groups excluding carboxylic acids is 1. The van der Waals surface area contributed by atoms with Gasteiger partial charge in [-0.05, 0) is 80.6 Å². The zero-order valence-electron chi connectivity index (χ0n) is 16.6. The van der Waals surface area contributed by atoms with Gasteiger partial charge in [0.25, 0.3) is 0 Å². The number of carbonyl (C=O) groups is 1. The lowest BCUT2D eigenvalue weighted by Crippen LogP contribution is -2.40. The van der Waals surface area contributed by atoms with Gasteiger partial charge in [0.15, 0.2) is 0 Å². The molecule has 0 aromatic carbocycles. The third-order valence-corrected chi connectivity index (χ3v) is 7.36. The molecule has 1 aliphatic heterocycles. The summed E-state index contributed by atoms with van der Waals surface area (Å²) >= 11 is 0. The molecule has 3 aliphatic rings. The molecule has 0 bridgehead atoms. The molecule has 1 heterocycles. The van der Waals surface area contributed by atoms with E-state index in [1.165, 1.54) is 25.7 Å². The molecule has 5 nitrogen and oxygen atoms in total. The van der Waals surface area contributed by atoms with Crippen molar-refractivity contribution < 1.29 is 14.8 Å². The Morgan fingerprint density at radius 3 is 2.44 bits per heavy atom. The average molecular weight is 376 g/mol. The highest BCUT2D eigenvalue weighted by Gasteiger charge is 2.32. The Bertz CT molecular complexity index is 506. The second-order valence-electron chi connectivity index (χ2n) is 9.15. The van der Waals surface area contributed by atoms with E-state index in [9.17, 15) is 14.8 Å². The van der Waals surface area contributed by atoms with Gasteiger partial charge in [-0.25, -0.2) is 0 Å². The van der Waals surface area contributed by atoms with Gasteiger partial charge < -0.3 is 20.7 Å². The Morgan fingerprint density at radius 1 is 1.00 bits per heavy atom. The predicted octanol–water partition coefficient (Wildman–Crippen LogP) is 2.58. The number of piperidine rings is 1. The minimum atomic E-state index is -1.23. The molecule has 3 fully saturated rings. The molecule has 27 heavy (non-hydrogen) atoms. The van der Waals surface area contributed by atoms with Crippen LogP contribution in [0.15, 0.2) is 12.2 Å². The fourth-order valence-electron chi connectivity index (χ4n) is 5.60. The first-order valence-corrected chi connectivity index (χ1v) is 11.1. The molecular formula is C21H37BN2O3. The van der Waals surface area contributed by atoms with E-state index in [2.05, 4.69) is 0 Å². The molecule has 4 atom stereocenters. The highest BCUT2D eigenvalue weighted by Crippen LogP contribution is 2.38. The summed E-state index contributed by atoms with van der Waals surface area (Å²) in [5.74, 6) is 2.66. The summed E-state index contributed by atoms with van der Waals surface area (Å²) in [4.78, 5) is 14.6. The van der Waals surface area contributed by atoms with Crippen LogP contribution in [0.5, 0.6) is 0 Å².